The largest absolute Gasteiger partial charge is 0.495 e. The molecule has 0 aliphatic heterocycles. The minimum Gasteiger partial charge on any atom is -0.495 e. The molecule has 0 heterocycles. The molecule has 0 spiro atoms. The average Bonchev–Trinajstić information content (AvgIpc) is 2.49. The highest BCUT2D eigenvalue weighted by molar-refractivity contribution is 5.95. The van der Waals surface area contributed by atoms with E-state index < -0.39 is 0 Å². The summed E-state index contributed by atoms with van der Waals surface area (Å²) in [6, 6.07) is 20.2. The molecular weight excluding hydrogens is 248 g/mol. The second-order valence-electron chi connectivity index (χ2n) is 4.61. The lowest BCUT2D eigenvalue weighted by molar-refractivity contribution is 0.417. The van der Waals surface area contributed by atoms with Gasteiger partial charge in [0, 0.05) is 22.8 Å². The molecular formula is C17H16N2O. The first-order valence-corrected chi connectivity index (χ1v) is 6.46. The van der Waals surface area contributed by atoms with E-state index in [2.05, 4.69) is 29.6 Å². The molecule has 0 amide bonds. The predicted molar refractivity (Wildman–Crippen MR) is 84.6 cm³/mol. The number of rotatable bonds is 3. The van der Waals surface area contributed by atoms with Gasteiger partial charge in [0.25, 0.3) is 0 Å². The number of anilines is 3. The van der Waals surface area contributed by atoms with Gasteiger partial charge >= 0.3 is 0 Å². The van der Waals surface area contributed by atoms with Crippen LogP contribution in [0.5, 0.6) is 5.75 Å². The lowest BCUT2D eigenvalue weighted by Gasteiger charge is -2.12. The molecule has 0 saturated carbocycles. The molecule has 0 aliphatic carbocycles. The van der Waals surface area contributed by atoms with Crippen LogP contribution in [-0.2, 0) is 0 Å². The number of hydrogen-bond donors (Lipinski definition) is 2. The van der Waals surface area contributed by atoms with Crippen molar-refractivity contribution in [2.45, 2.75) is 0 Å². The third kappa shape index (κ3) is 2.26. The van der Waals surface area contributed by atoms with Crippen LogP contribution in [0.1, 0.15) is 0 Å². The van der Waals surface area contributed by atoms with Gasteiger partial charge in [0.2, 0.25) is 0 Å². The van der Waals surface area contributed by atoms with Gasteiger partial charge in [-0.25, -0.2) is 0 Å². The lowest BCUT2D eigenvalue weighted by atomic mass is 10.1. The maximum absolute atomic E-state index is 5.83. The highest BCUT2D eigenvalue weighted by atomic mass is 16.5. The molecule has 0 unspecified atom stereocenters. The summed E-state index contributed by atoms with van der Waals surface area (Å²) in [4.78, 5) is 0. The first-order valence-electron chi connectivity index (χ1n) is 6.46. The van der Waals surface area contributed by atoms with Gasteiger partial charge in [-0.2, -0.15) is 0 Å². The predicted octanol–water partition coefficient (Wildman–Crippen LogP) is 4.17. The van der Waals surface area contributed by atoms with Crippen LogP contribution >= 0.6 is 0 Å². The van der Waals surface area contributed by atoms with E-state index >= 15 is 0 Å². The Balaban J connectivity index is 2.01. The molecule has 0 aliphatic rings. The Labute approximate surface area is 118 Å². The van der Waals surface area contributed by atoms with E-state index in [4.69, 9.17) is 10.5 Å². The van der Waals surface area contributed by atoms with Gasteiger partial charge in [-0.1, -0.05) is 36.4 Å². The zero-order valence-corrected chi connectivity index (χ0v) is 11.3. The monoisotopic (exact) mass is 264 g/mol. The highest BCUT2D eigenvalue weighted by Crippen LogP contribution is 2.30. The lowest BCUT2D eigenvalue weighted by Crippen LogP contribution is -1.95. The second kappa shape index (κ2) is 5.13. The summed E-state index contributed by atoms with van der Waals surface area (Å²) in [5.74, 6) is 0.676. The van der Waals surface area contributed by atoms with Crippen molar-refractivity contribution < 1.29 is 4.74 Å². The summed E-state index contributed by atoms with van der Waals surface area (Å²) >= 11 is 0. The number of fused-ring (bicyclic) bond motifs is 1. The zero-order chi connectivity index (χ0) is 13.9. The van der Waals surface area contributed by atoms with Crippen molar-refractivity contribution in [1.29, 1.82) is 0 Å². The first kappa shape index (κ1) is 12.4. The smallest absolute Gasteiger partial charge is 0.143 e. The van der Waals surface area contributed by atoms with Gasteiger partial charge < -0.3 is 15.8 Å². The number of methoxy groups -OCH3 is 1. The summed E-state index contributed by atoms with van der Waals surface area (Å²) in [7, 11) is 1.62. The van der Waals surface area contributed by atoms with E-state index in [0.717, 1.165) is 11.4 Å². The summed E-state index contributed by atoms with van der Waals surface area (Å²) in [6.45, 7) is 0. The van der Waals surface area contributed by atoms with Gasteiger partial charge in [-0.05, 0) is 23.6 Å². The number of benzene rings is 3. The number of ether oxygens (including phenoxy) is 1. The van der Waals surface area contributed by atoms with Crippen LogP contribution in [0.2, 0.25) is 0 Å². The minimum atomic E-state index is 0.635. The Morgan fingerprint density at radius 3 is 2.60 bits per heavy atom. The van der Waals surface area contributed by atoms with Crippen LogP contribution < -0.4 is 15.8 Å². The molecule has 3 aromatic rings. The van der Waals surface area contributed by atoms with E-state index in [-0.39, 0.29) is 0 Å². The van der Waals surface area contributed by atoms with Crippen molar-refractivity contribution in [2.75, 3.05) is 18.2 Å². The Morgan fingerprint density at radius 1 is 0.950 bits per heavy atom. The first-order chi connectivity index (χ1) is 9.78. The van der Waals surface area contributed by atoms with Gasteiger partial charge in [-0.3, -0.25) is 0 Å². The molecule has 3 heteroatoms. The average molecular weight is 264 g/mol. The van der Waals surface area contributed by atoms with Crippen molar-refractivity contribution in [3.63, 3.8) is 0 Å². The Bertz CT molecular complexity index is 748. The molecule has 0 radical (unpaired) electrons. The van der Waals surface area contributed by atoms with E-state index in [1.807, 2.05) is 36.4 Å². The normalized spacial score (nSPS) is 10.4. The van der Waals surface area contributed by atoms with Gasteiger partial charge in [0.1, 0.15) is 5.75 Å². The number of nitrogen functional groups attached to an aromatic ring is 1. The molecule has 0 aromatic heterocycles. The highest BCUT2D eigenvalue weighted by Gasteiger charge is 2.03. The van der Waals surface area contributed by atoms with E-state index in [0.29, 0.717) is 11.4 Å². The molecule has 0 bridgehead atoms. The van der Waals surface area contributed by atoms with Crippen molar-refractivity contribution in [3.8, 4) is 5.75 Å². The number of nitrogens with two attached hydrogens (primary N) is 1. The summed E-state index contributed by atoms with van der Waals surface area (Å²) in [6.07, 6.45) is 0. The molecule has 3 N–H and O–H groups in total. The molecule has 3 aromatic carbocycles. The van der Waals surface area contributed by atoms with E-state index in [9.17, 15) is 0 Å². The number of nitrogens with one attached hydrogen (secondary N) is 1. The molecule has 3 nitrogen and oxygen atoms in total. The summed E-state index contributed by atoms with van der Waals surface area (Å²) < 4.78 is 5.25. The van der Waals surface area contributed by atoms with E-state index in [1.54, 1.807) is 7.11 Å². The second-order valence-corrected chi connectivity index (χ2v) is 4.61. The molecule has 20 heavy (non-hydrogen) atoms. The van der Waals surface area contributed by atoms with Crippen molar-refractivity contribution >= 4 is 27.8 Å². The summed E-state index contributed by atoms with van der Waals surface area (Å²) in [5.41, 5.74) is 8.48. The fraction of sp³-hybridized carbons (Fsp3) is 0.0588. The van der Waals surface area contributed by atoms with E-state index in [1.165, 1.54) is 10.8 Å². The molecule has 100 valence electrons. The molecule has 0 atom stereocenters. The third-order valence-corrected chi connectivity index (χ3v) is 3.30. The standard InChI is InChI=1S/C17H16N2O/c1-20-17-11-13(9-10-15(17)18)19-16-8-4-6-12-5-2-3-7-14(12)16/h2-11,19H,18H2,1H3. The fourth-order valence-electron chi connectivity index (χ4n) is 2.28. The van der Waals surface area contributed by atoms with Crippen LogP contribution in [0.25, 0.3) is 10.8 Å². The van der Waals surface area contributed by atoms with Gasteiger partial charge in [-0.15, -0.1) is 0 Å². The number of hydrogen-bond acceptors (Lipinski definition) is 3. The van der Waals surface area contributed by atoms with Crippen molar-refractivity contribution in [3.05, 3.63) is 60.7 Å². The van der Waals surface area contributed by atoms with Crippen molar-refractivity contribution in [1.82, 2.24) is 0 Å². The molecule has 0 fully saturated rings. The molecule has 3 rings (SSSR count). The Hall–Kier alpha value is -2.68. The van der Waals surface area contributed by atoms with Gasteiger partial charge in [0.15, 0.2) is 0 Å². The van der Waals surface area contributed by atoms with Crippen LogP contribution in [0.4, 0.5) is 17.1 Å². The zero-order valence-electron chi connectivity index (χ0n) is 11.3. The summed E-state index contributed by atoms with van der Waals surface area (Å²) in [5, 5.41) is 5.81. The van der Waals surface area contributed by atoms with Crippen LogP contribution in [-0.4, -0.2) is 7.11 Å². The fourth-order valence-corrected chi connectivity index (χ4v) is 2.28. The topological polar surface area (TPSA) is 47.3 Å². The third-order valence-electron chi connectivity index (χ3n) is 3.30. The quantitative estimate of drug-likeness (QED) is 0.698. The minimum absolute atomic E-state index is 0.635. The maximum Gasteiger partial charge on any atom is 0.143 e. The molecule has 0 saturated heterocycles. The van der Waals surface area contributed by atoms with Crippen LogP contribution in [0, 0.1) is 0 Å². The Morgan fingerprint density at radius 2 is 1.75 bits per heavy atom. The van der Waals surface area contributed by atoms with Crippen LogP contribution in [0.3, 0.4) is 0 Å². The van der Waals surface area contributed by atoms with Gasteiger partial charge in [0.05, 0.1) is 12.8 Å². The maximum atomic E-state index is 5.83. The Kier molecular flexibility index (Phi) is 3.17. The van der Waals surface area contributed by atoms with Crippen molar-refractivity contribution in [2.24, 2.45) is 0 Å². The SMILES string of the molecule is COc1cc(Nc2cccc3ccccc23)ccc1N. The van der Waals surface area contributed by atoms with Crippen LogP contribution in [0.15, 0.2) is 60.7 Å².